The predicted octanol–water partition coefficient (Wildman–Crippen LogP) is 4.48. The fraction of sp³-hybridized carbons (Fsp3) is 0.250. The van der Waals surface area contributed by atoms with Crippen LogP contribution < -0.4 is 30.2 Å². The number of carbonyl (C=O) groups is 3. The molecule has 3 aromatic rings. The summed E-state index contributed by atoms with van der Waals surface area (Å²) in [7, 11) is 2.91. The molecule has 3 rings (SSSR count). The largest absolute Gasteiger partial charge is 0.495 e. The summed E-state index contributed by atoms with van der Waals surface area (Å²) >= 11 is 0. The number of amides is 3. The molecule has 0 bridgehead atoms. The predicted molar refractivity (Wildman–Crippen MR) is 144 cm³/mol. The second-order valence-corrected chi connectivity index (χ2v) is 8.56. The molecule has 3 amide bonds. The summed E-state index contributed by atoms with van der Waals surface area (Å²) in [5.74, 6) is -0.214. The van der Waals surface area contributed by atoms with E-state index in [4.69, 9.17) is 19.3 Å². The number of aryl methyl sites for hydroxylation is 1. The Kier molecular flexibility index (Phi) is 9.53. The van der Waals surface area contributed by atoms with Crippen molar-refractivity contribution in [2.24, 2.45) is 0 Å². The van der Waals surface area contributed by atoms with Gasteiger partial charge in [0.1, 0.15) is 12.4 Å². The Labute approximate surface area is 220 Å². The number of hydrogen-bond acceptors (Lipinski definition) is 6. The van der Waals surface area contributed by atoms with Gasteiger partial charge in [0, 0.05) is 5.69 Å². The normalized spacial score (nSPS) is 11.2. The van der Waals surface area contributed by atoms with E-state index in [9.17, 15) is 14.4 Å². The van der Waals surface area contributed by atoms with Gasteiger partial charge in [-0.2, -0.15) is 0 Å². The fourth-order valence-corrected chi connectivity index (χ4v) is 3.63. The number of aromatic carboxylic acids is 1. The van der Waals surface area contributed by atoms with Crippen LogP contribution in [0.5, 0.6) is 17.2 Å². The number of ether oxygens (including phenoxy) is 3. The lowest BCUT2D eigenvalue weighted by Gasteiger charge is -2.17. The number of methoxy groups -OCH3 is 2. The zero-order valence-corrected chi connectivity index (χ0v) is 21.7. The monoisotopic (exact) mass is 521 g/mol. The first-order valence-electron chi connectivity index (χ1n) is 11.8. The molecule has 0 aliphatic carbocycles. The van der Waals surface area contributed by atoms with Crippen LogP contribution in [0.3, 0.4) is 0 Å². The van der Waals surface area contributed by atoms with Gasteiger partial charge >= 0.3 is 12.0 Å². The van der Waals surface area contributed by atoms with E-state index in [1.165, 1.54) is 32.4 Å². The smallest absolute Gasteiger partial charge is 0.335 e. The molecular formula is C28H31N3O7. The SMILES string of the molecule is COc1cc(CC(=O)NC(C)COc2ccc(C(=O)O)cc2OC)ccc1NC(=O)Nc1ccccc1C. The average Bonchev–Trinajstić information content (AvgIpc) is 2.89. The van der Waals surface area contributed by atoms with Crippen LogP contribution in [0.15, 0.2) is 60.7 Å². The Morgan fingerprint density at radius 3 is 2.26 bits per heavy atom. The zero-order chi connectivity index (χ0) is 27.7. The van der Waals surface area contributed by atoms with Gasteiger partial charge in [-0.1, -0.05) is 24.3 Å². The van der Waals surface area contributed by atoms with E-state index < -0.39 is 12.0 Å². The maximum Gasteiger partial charge on any atom is 0.335 e. The van der Waals surface area contributed by atoms with E-state index in [1.807, 2.05) is 31.2 Å². The van der Waals surface area contributed by atoms with Crippen molar-refractivity contribution in [3.05, 3.63) is 77.4 Å². The van der Waals surface area contributed by atoms with Crippen LogP contribution in [0.2, 0.25) is 0 Å². The van der Waals surface area contributed by atoms with Gasteiger partial charge < -0.3 is 35.3 Å². The number of nitrogens with one attached hydrogen (secondary N) is 3. The van der Waals surface area contributed by atoms with Gasteiger partial charge in [0.15, 0.2) is 11.5 Å². The highest BCUT2D eigenvalue weighted by Gasteiger charge is 2.15. The average molecular weight is 522 g/mol. The lowest BCUT2D eigenvalue weighted by atomic mass is 10.1. The van der Waals surface area contributed by atoms with Crippen molar-refractivity contribution in [2.75, 3.05) is 31.5 Å². The molecule has 0 saturated carbocycles. The zero-order valence-electron chi connectivity index (χ0n) is 21.7. The van der Waals surface area contributed by atoms with Crippen LogP contribution in [0.1, 0.15) is 28.4 Å². The van der Waals surface area contributed by atoms with Gasteiger partial charge in [0.25, 0.3) is 0 Å². The van der Waals surface area contributed by atoms with Gasteiger partial charge in [0.2, 0.25) is 5.91 Å². The molecular weight excluding hydrogens is 490 g/mol. The number of urea groups is 1. The first-order chi connectivity index (χ1) is 18.2. The van der Waals surface area contributed by atoms with Crippen molar-refractivity contribution in [1.82, 2.24) is 5.32 Å². The quantitative estimate of drug-likeness (QED) is 0.292. The van der Waals surface area contributed by atoms with E-state index in [0.717, 1.165) is 5.56 Å². The number of carboxylic acids is 1. The van der Waals surface area contributed by atoms with E-state index >= 15 is 0 Å². The Morgan fingerprint density at radius 2 is 1.58 bits per heavy atom. The number of hydrogen-bond donors (Lipinski definition) is 4. The first kappa shape index (κ1) is 27.9. The van der Waals surface area contributed by atoms with Gasteiger partial charge in [0.05, 0.1) is 37.9 Å². The Hall–Kier alpha value is -4.73. The maximum absolute atomic E-state index is 12.6. The molecule has 0 aliphatic rings. The molecule has 3 aromatic carbocycles. The molecule has 38 heavy (non-hydrogen) atoms. The lowest BCUT2D eigenvalue weighted by Crippen LogP contribution is -2.37. The van der Waals surface area contributed by atoms with Crippen molar-refractivity contribution < 1.29 is 33.7 Å². The van der Waals surface area contributed by atoms with Crippen molar-refractivity contribution in [3.8, 4) is 17.2 Å². The minimum absolute atomic E-state index is 0.0825. The molecule has 0 aromatic heterocycles. The van der Waals surface area contributed by atoms with Gasteiger partial charge in [-0.3, -0.25) is 4.79 Å². The summed E-state index contributed by atoms with van der Waals surface area (Å²) in [6.45, 7) is 3.84. The van der Waals surface area contributed by atoms with Crippen LogP contribution in [0.25, 0.3) is 0 Å². The van der Waals surface area contributed by atoms with Crippen molar-refractivity contribution in [1.29, 1.82) is 0 Å². The van der Waals surface area contributed by atoms with Crippen molar-refractivity contribution in [3.63, 3.8) is 0 Å². The number of anilines is 2. The van der Waals surface area contributed by atoms with Crippen LogP contribution in [0.4, 0.5) is 16.2 Å². The number of benzene rings is 3. The molecule has 4 N–H and O–H groups in total. The van der Waals surface area contributed by atoms with E-state index in [1.54, 1.807) is 25.1 Å². The molecule has 200 valence electrons. The summed E-state index contributed by atoms with van der Waals surface area (Å²) in [5.41, 5.74) is 2.88. The van der Waals surface area contributed by atoms with Crippen LogP contribution >= 0.6 is 0 Å². The minimum atomic E-state index is -1.07. The van der Waals surface area contributed by atoms with Gasteiger partial charge in [-0.25, -0.2) is 9.59 Å². The summed E-state index contributed by atoms with van der Waals surface area (Å²) in [6, 6.07) is 16.1. The third-order valence-corrected chi connectivity index (χ3v) is 5.58. The van der Waals surface area contributed by atoms with Crippen molar-refractivity contribution in [2.45, 2.75) is 26.3 Å². The highest BCUT2D eigenvalue weighted by molar-refractivity contribution is 6.01. The van der Waals surface area contributed by atoms with E-state index in [0.29, 0.717) is 28.4 Å². The third kappa shape index (κ3) is 7.63. The number of para-hydroxylation sites is 1. The minimum Gasteiger partial charge on any atom is -0.495 e. The standard InChI is InChI=1S/C28H31N3O7/c1-17-7-5-6-8-21(17)30-28(35)31-22-11-9-19(13-24(22)36-3)14-26(32)29-18(2)16-38-23-12-10-20(27(33)34)15-25(23)37-4/h5-13,15,18H,14,16H2,1-4H3,(H,29,32)(H,33,34)(H2,30,31,35). The van der Waals surface area contributed by atoms with Crippen LogP contribution in [-0.4, -0.2) is 49.9 Å². The third-order valence-electron chi connectivity index (χ3n) is 5.58. The van der Waals surface area contributed by atoms with Crippen LogP contribution in [0, 0.1) is 6.92 Å². The second kappa shape index (κ2) is 13.0. The number of carbonyl (C=O) groups excluding carboxylic acids is 2. The molecule has 0 spiro atoms. The molecule has 10 nitrogen and oxygen atoms in total. The molecule has 0 saturated heterocycles. The van der Waals surface area contributed by atoms with Gasteiger partial charge in [-0.15, -0.1) is 0 Å². The molecule has 1 atom stereocenters. The topological polar surface area (TPSA) is 135 Å². The van der Waals surface area contributed by atoms with Gasteiger partial charge in [-0.05, 0) is 61.4 Å². The molecule has 0 fully saturated rings. The molecule has 10 heteroatoms. The fourth-order valence-electron chi connectivity index (χ4n) is 3.63. The van der Waals surface area contributed by atoms with E-state index in [-0.39, 0.29) is 36.3 Å². The molecule has 0 aliphatic heterocycles. The number of carboxylic acid groups (broad SMARTS) is 1. The lowest BCUT2D eigenvalue weighted by molar-refractivity contribution is -0.121. The highest BCUT2D eigenvalue weighted by atomic mass is 16.5. The molecule has 0 radical (unpaired) electrons. The summed E-state index contributed by atoms with van der Waals surface area (Å²) in [4.78, 5) is 36.2. The Bertz CT molecular complexity index is 1310. The van der Waals surface area contributed by atoms with Crippen molar-refractivity contribution >= 4 is 29.3 Å². The Balaban J connectivity index is 1.54. The summed E-state index contributed by atoms with van der Waals surface area (Å²) in [6.07, 6.45) is 0.0903. The molecule has 1 unspecified atom stereocenters. The molecule has 0 heterocycles. The number of rotatable bonds is 11. The second-order valence-electron chi connectivity index (χ2n) is 8.56. The summed E-state index contributed by atoms with van der Waals surface area (Å²) < 4.78 is 16.3. The Morgan fingerprint density at radius 1 is 0.868 bits per heavy atom. The highest BCUT2D eigenvalue weighted by Crippen LogP contribution is 2.28. The van der Waals surface area contributed by atoms with Crippen LogP contribution in [-0.2, 0) is 11.2 Å². The van der Waals surface area contributed by atoms with E-state index in [2.05, 4.69) is 16.0 Å². The first-order valence-corrected chi connectivity index (χ1v) is 11.8. The maximum atomic E-state index is 12.6. The summed E-state index contributed by atoms with van der Waals surface area (Å²) in [5, 5.41) is 17.5.